The molecule has 2 heterocycles. The number of carbonyl (C=O) groups excluding carboxylic acids is 1. The van der Waals surface area contributed by atoms with Crippen LogP contribution in [-0.4, -0.2) is 22.7 Å². The molecular formula is C14H12N2O3. The molecule has 0 unspecified atom stereocenters. The Labute approximate surface area is 109 Å². The summed E-state index contributed by atoms with van der Waals surface area (Å²) in [5, 5.41) is 4.83. The van der Waals surface area contributed by atoms with Crippen molar-refractivity contribution in [3.63, 3.8) is 0 Å². The van der Waals surface area contributed by atoms with E-state index in [1.165, 1.54) is 24.3 Å². The highest BCUT2D eigenvalue weighted by Crippen LogP contribution is 2.26. The van der Waals surface area contributed by atoms with Crippen LogP contribution in [0.4, 0.5) is 0 Å². The van der Waals surface area contributed by atoms with Gasteiger partial charge in [-0.2, -0.15) is 5.10 Å². The molecule has 3 aromatic rings. The number of hydrogen-bond acceptors (Lipinski definition) is 4. The lowest BCUT2D eigenvalue weighted by atomic mass is 10.1. The monoisotopic (exact) mass is 256 g/mol. The van der Waals surface area contributed by atoms with Crippen molar-refractivity contribution in [2.45, 2.75) is 0 Å². The first-order chi connectivity index (χ1) is 9.22. The Morgan fingerprint density at radius 3 is 2.95 bits per heavy atom. The van der Waals surface area contributed by atoms with Gasteiger partial charge in [0.15, 0.2) is 11.4 Å². The molecule has 1 aromatic carbocycles. The van der Waals surface area contributed by atoms with Crippen LogP contribution in [0.2, 0.25) is 0 Å². The summed E-state index contributed by atoms with van der Waals surface area (Å²) in [6, 6.07) is 7.42. The highest BCUT2D eigenvalue weighted by Gasteiger charge is 2.22. The zero-order valence-electron chi connectivity index (χ0n) is 10.6. The predicted molar refractivity (Wildman–Crippen MR) is 69.4 cm³/mol. The summed E-state index contributed by atoms with van der Waals surface area (Å²) in [7, 11) is 3.22. The number of aryl methyl sites for hydroxylation is 1. The summed E-state index contributed by atoms with van der Waals surface area (Å²) >= 11 is 0. The molecule has 19 heavy (non-hydrogen) atoms. The minimum Gasteiger partial charge on any atom is -0.493 e. The fourth-order valence-corrected chi connectivity index (χ4v) is 2.11. The Bertz CT molecular complexity index is 755. The second-order valence-corrected chi connectivity index (χ2v) is 4.16. The van der Waals surface area contributed by atoms with Gasteiger partial charge < -0.3 is 9.15 Å². The first-order valence-electron chi connectivity index (χ1n) is 5.79. The fraction of sp³-hybridized carbons (Fsp3) is 0.143. The van der Waals surface area contributed by atoms with Gasteiger partial charge in [-0.05, 0) is 6.07 Å². The number of rotatable bonds is 3. The Hall–Kier alpha value is -2.56. The SMILES string of the molecule is COc1cnn(C)c1C(=O)c1coc2ccccc12. The molecule has 3 rings (SSSR count). The zero-order chi connectivity index (χ0) is 13.4. The number of ketones is 1. The van der Waals surface area contributed by atoms with Crippen molar-refractivity contribution in [3.8, 4) is 5.75 Å². The molecule has 5 heteroatoms. The number of hydrogen-bond donors (Lipinski definition) is 0. The number of carbonyl (C=O) groups is 1. The van der Waals surface area contributed by atoms with Crippen LogP contribution < -0.4 is 4.74 Å². The molecule has 0 saturated heterocycles. The van der Waals surface area contributed by atoms with E-state index in [0.717, 1.165) is 5.39 Å². The van der Waals surface area contributed by atoms with E-state index in [4.69, 9.17) is 9.15 Å². The normalized spacial score (nSPS) is 10.8. The molecule has 0 radical (unpaired) electrons. The van der Waals surface area contributed by atoms with Gasteiger partial charge in [-0.1, -0.05) is 18.2 Å². The van der Waals surface area contributed by atoms with E-state index in [9.17, 15) is 4.79 Å². The van der Waals surface area contributed by atoms with Gasteiger partial charge in [0.05, 0.1) is 18.9 Å². The van der Waals surface area contributed by atoms with Crippen molar-refractivity contribution >= 4 is 16.8 Å². The second kappa shape index (κ2) is 4.28. The van der Waals surface area contributed by atoms with Crippen molar-refractivity contribution < 1.29 is 13.9 Å². The third-order valence-corrected chi connectivity index (χ3v) is 3.07. The Morgan fingerprint density at radius 1 is 1.37 bits per heavy atom. The van der Waals surface area contributed by atoms with Crippen LogP contribution in [0.1, 0.15) is 16.1 Å². The number of aromatic nitrogens is 2. The lowest BCUT2D eigenvalue weighted by Crippen LogP contribution is -2.09. The first-order valence-corrected chi connectivity index (χ1v) is 5.79. The van der Waals surface area contributed by atoms with Crippen LogP contribution in [-0.2, 0) is 7.05 Å². The standard InChI is InChI=1S/C14H12N2O3/c1-16-13(12(18-2)7-15-16)14(17)10-8-19-11-6-4-3-5-9(10)11/h3-8H,1-2H3. The number of benzene rings is 1. The molecule has 0 aliphatic heterocycles. The lowest BCUT2D eigenvalue weighted by Gasteiger charge is -2.03. The highest BCUT2D eigenvalue weighted by molar-refractivity contribution is 6.16. The average Bonchev–Trinajstić information content (AvgIpc) is 3.01. The number of fused-ring (bicyclic) bond motifs is 1. The van der Waals surface area contributed by atoms with E-state index < -0.39 is 0 Å². The molecular weight excluding hydrogens is 244 g/mol. The highest BCUT2D eigenvalue weighted by atomic mass is 16.5. The Morgan fingerprint density at radius 2 is 2.16 bits per heavy atom. The van der Waals surface area contributed by atoms with Crippen LogP contribution in [0.25, 0.3) is 11.0 Å². The summed E-state index contributed by atoms with van der Waals surface area (Å²) < 4.78 is 12.1. The number of nitrogens with zero attached hydrogens (tertiary/aromatic N) is 2. The van der Waals surface area contributed by atoms with E-state index in [1.807, 2.05) is 24.3 Å². The van der Waals surface area contributed by atoms with Crippen molar-refractivity contribution in [2.24, 2.45) is 7.05 Å². The molecule has 0 atom stereocenters. The topological polar surface area (TPSA) is 57.3 Å². The summed E-state index contributed by atoms with van der Waals surface area (Å²) in [5.41, 5.74) is 1.61. The molecule has 5 nitrogen and oxygen atoms in total. The largest absolute Gasteiger partial charge is 0.493 e. The molecule has 0 aliphatic carbocycles. The zero-order valence-corrected chi connectivity index (χ0v) is 10.6. The number of furan rings is 1. The van der Waals surface area contributed by atoms with Crippen molar-refractivity contribution in [1.29, 1.82) is 0 Å². The summed E-state index contributed by atoms with van der Waals surface area (Å²) in [6.07, 6.45) is 2.99. The third-order valence-electron chi connectivity index (χ3n) is 3.07. The van der Waals surface area contributed by atoms with Gasteiger partial charge in [-0.25, -0.2) is 0 Å². The van der Waals surface area contributed by atoms with Crippen LogP contribution in [0.15, 0.2) is 41.1 Å². The molecule has 0 bridgehead atoms. The Kier molecular flexibility index (Phi) is 2.59. The molecule has 0 N–H and O–H groups in total. The molecule has 96 valence electrons. The van der Waals surface area contributed by atoms with Gasteiger partial charge in [-0.3, -0.25) is 9.48 Å². The average molecular weight is 256 g/mol. The van der Waals surface area contributed by atoms with Gasteiger partial charge in [-0.15, -0.1) is 0 Å². The van der Waals surface area contributed by atoms with E-state index in [0.29, 0.717) is 22.6 Å². The second-order valence-electron chi connectivity index (χ2n) is 4.16. The van der Waals surface area contributed by atoms with Gasteiger partial charge in [0.2, 0.25) is 5.78 Å². The number of methoxy groups -OCH3 is 1. The van der Waals surface area contributed by atoms with Crippen molar-refractivity contribution in [3.05, 3.63) is 48.0 Å². The van der Waals surface area contributed by atoms with Crippen molar-refractivity contribution in [2.75, 3.05) is 7.11 Å². The minimum absolute atomic E-state index is 0.165. The van der Waals surface area contributed by atoms with Gasteiger partial charge in [0, 0.05) is 12.4 Å². The van der Waals surface area contributed by atoms with Crippen LogP contribution in [0, 0.1) is 0 Å². The number of ether oxygens (including phenoxy) is 1. The summed E-state index contributed by atoms with van der Waals surface area (Å²) in [4.78, 5) is 12.6. The van der Waals surface area contributed by atoms with Crippen LogP contribution in [0.5, 0.6) is 5.75 Å². The van der Waals surface area contributed by atoms with E-state index in [1.54, 1.807) is 7.05 Å². The molecule has 0 aliphatic rings. The van der Waals surface area contributed by atoms with E-state index >= 15 is 0 Å². The van der Waals surface area contributed by atoms with Crippen LogP contribution >= 0.6 is 0 Å². The fourth-order valence-electron chi connectivity index (χ4n) is 2.11. The maximum absolute atomic E-state index is 12.6. The summed E-state index contributed by atoms with van der Waals surface area (Å²) in [6.45, 7) is 0. The third kappa shape index (κ3) is 1.71. The minimum atomic E-state index is -0.165. The lowest BCUT2D eigenvalue weighted by molar-refractivity contribution is 0.102. The summed E-state index contributed by atoms with van der Waals surface area (Å²) in [5.74, 6) is 0.291. The maximum Gasteiger partial charge on any atom is 0.218 e. The quantitative estimate of drug-likeness (QED) is 0.675. The molecule has 0 saturated carbocycles. The molecule has 0 fully saturated rings. The predicted octanol–water partition coefficient (Wildman–Crippen LogP) is 2.41. The van der Waals surface area contributed by atoms with Gasteiger partial charge in [0.1, 0.15) is 11.8 Å². The van der Waals surface area contributed by atoms with E-state index in [2.05, 4.69) is 5.10 Å². The Balaban J connectivity index is 2.16. The van der Waals surface area contributed by atoms with E-state index in [-0.39, 0.29) is 5.78 Å². The first kappa shape index (κ1) is 11.5. The molecule has 0 spiro atoms. The van der Waals surface area contributed by atoms with Crippen LogP contribution in [0.3, 0.4) is 0 Å². The molecule has 2 aromatic heterocycles. The maximum atomic E-state index is 12.6. The number of para-hydroxylation sites is 1. The smallest absolute Gasteiger partial charge is 0.218 e. The van der Waals surface area contributed by atoms with Gasteiger partial charge in [0.25, 0.3) is 0 Å². The van der Waals surface area contributed by atoms with Crippen molar-refractivity contribution in [1.82, 2.24) is 9.78 Å². The molecule has 0 amide bonds. The van der Waals surface area contributed by atoms with Gasteiger partial charge >= 0.3 is 0 Å².